The van der Waals surface area contributed by atoms with E-state index < -0.39 is 5.97 Å². The number of fused-ring (bicyclic) bond motifs is 4. The number of likely N-dealkylation sites (N-methyl/N-ethyl adjacent to an activating group) is 1. The summed E-state index contributed by atoms with van der Waals surface area (Å²) in [6.07, 6.45) is 2.83. The Balaban J connectivity index is 1.39. The molecule has 56 heavy (non-hydrogen) atoms. The van der Waals surface area contributed by atoms with Gasteiger partial charge in [-0.15, -0.1) is 0 Å². The van der Waals surface area contributed by atoms with Crippen molar-refractivity contribution in [3.8, 4) is 16.9 Å². The highest BCUT2D eigenvalue weighted by molar-refractivity contribution is 6.35. The highest BCUT2D eigenvalue weighted by Crippen LogP contribution is 2.46. The lowest BCUT2D eigenvalue weighted by Gasteiger charge is -2.35. The Labute approximate surface area is 337 Å². The van der Waals surface area contributed by atoms with Crippen LogP contribution in [-0.4, -0.2) is 81.1 Å². The summed E-state index contributed by atoms with van der Waals surface area (Å²) < 4.78 is 12.1. The molecule has 0 fully saturated rings. The lowest BCUT2D eigenvalue weighted by Crippen LogP contribution is -2.43. The number of halogens is 2. The van der Waals surface area contributed by atoms with Crippen molar-refractivity contribution in [1.29, 1.82) is 0 Å². The van der Waals surface area contributed by atoms with Crippen LogP contribution < -0.4 is 15.0 Å². The van der Waals surface area contributed by atoms with Crippen LogP contribution in [0.3, 0.4) is 0 Å². The third-order valence-electron chi connectivity index (χ3n) is 11.0. The Hall–Kier alpha value is -4.97. The van der Waals surface area contributed by atoms with Crippen molar-refractivity contribution in [3.05, 3.63) is 92.0 Å². The number of rotatable bonds is 12. The average Bonchev–Trinajstić information content (AvgIpc) is 3.74. The van der Waals surface area contributed by atoms with E-state index in [4.69, 9.17) is 33.0 Å². The van der Waals surface area contributed by atoms with Crippen LogP contribution in [0.5, 0.6) is 5.75 Å². The summed E-state index contributed by atoms with van der Waals surface area (Å²) in [5, 5.41) is 21.3. The van der Waals surface area contributed by atoms with Crippen LogP contribution >= 0.6 is 23.2 Å². The lowest BCUT2D eigenvalue weighted by atomic mass is 9.98. The minimum Gasteiger partial charge on any atom is -0.494 e. The van der Waals surface area contributed by atoms with Gasteiger partial charge in [0.25, 0.3) is 5.91 Å². The van der Waals surface area contributed by atoms with Crippen molar-refractivity contribution >= 4 is 68.3 Å². The standard InChI is InChI=1S/C43H49Cl2N7O4/c1-23-17-29(18-24(2)38(23)45)56-16-10-11-30-31-12-13-34(44)37(36-26(4)47-50(9)27(36)5)40(31)52-25(3)21-51(42(53)41(30)52)35-20-28(46-14-15-48(6)7)19-32-33(43(54)55)22-49(8)39(32)35/h12-13,17-20,22,25,46H,10-11,14-16,21H2,1-9H3,(H,54,55). The largest absolute Gasteiger partial charge is 0.494 e. The van der Waals surface area contributed by atoms with Crippen LogP contribution in [0.2, 0.25) is 10.0 Å². The third-order valence-corrected chi connectivity index (χ3v) is 11.9. The van der Waals surface area contributed by atoms with Crippen LogP contribution in [0.15, 0.2) is 42.6 Å². The van der Waals surface area contributed by atoms with Crippen molar-refractivity contribution in [2.24, 2.45) is 14.1 Å². The van der Waals surface area contributed by atoms with Crippen LogP contribution in [0.1, 0.15) is 68.3 Å². The van der Waals surface area contributed by atoms with Gasteiger partial charge in [-0.05, 0) is 109 Å². The average molecular weight is 799 g/mol. The molecule has 11 nitrogen and oxygen atoms in total. The van der Waals surface area contributed by atoms with Crippen molar-refractivity contribution in [3.63, 3.8) is 0 Å². The number of aromatic nitrogens is 4. The maximum atomic E-state index is 15.4. The minimum atomic E-state index is -1.02. The van der Waals surface area contributed by atoms with E-state index in [0.717, 1.165) is 73.1 Å². The highest BCUT2D eigenvalue weighted by atomic mass is 35.5. The van der Waals surface area contributed by atoms with Gasteiger partial charge in [-0.1, -0.05) is 29.3 Å². The van der Waals surface area contributed by atoms with Gasteiger partial charge in [0.05, 0.1) is 39.6 Å². The van der Waals surface area contributed by atoms with Gasteiger partial charge in [0.2, 0.25) is 0 Å². The fourth-order valence-corrected chi connectivity index (χ4v) is 8.72. The molecule has 3 aromatic heterocycles. The fraction of sp³-hybridized carbons (Fsp3) is 0.372. The fourth-order valence-electron chi connectivity index (χ4n) is 8.36. The van der Waals surface area contributed by atoms with Crippen molar-refractivity contribution in [1.82, 2.24) is 23.8 Å². The quantitative estimate of drug-likeness (QED) is 0.119. The van der Waals surface area contributed by atoms with Crippen LogP contribution in [0, 0.1) is 27.7 Å². The van der Waals surface area contributed by atoms with E-state index in [1.807, 2.05) is 106 Å². The SMILES string of the molecule is Cc1cc(OCCCc2c3n(c4c(-c5c(C)nn(C)c5C)c(Cl)ccc24)C(C)CN(c2cc(NCCN(C)C)cc4c(C(=O)O)cn(C)c24)C3=O)cc(C)c1Cl. The Kier molecular flexibility index (Phi) is 10.6. The molecule has 6 aromatic rings. The molecule has 13 heteroatoms. The first-order valence-corrected chi connectivity index (χ1v) is 19.7. The minimum absolute atomic E-state index is 0.161. The molecule has 2 N–H and O–H groups in total. The number of hydrogen-bond acceptors (Lipinski definition) is 6. The normalized spacial score (nSPS) is 14.4. The number of aromatic carboxylic acids is 1. The van der Waals surface area contributed by atoms with E-state index >= 15 is 4.79 Å². The first kappa shape index (κ1) is 39.3. The van der Waals surface area contributed by atoms with E-state index in [-0.39, 0.29) is 17.5 Å². The van der Waals surface area contributed by atoms with Gasteiger partial charge in [0.15, 0.2) is 0 Å². The van der Waals surface area contributed by atoms with Gasteiger partial charge in [-0.25, -0.2) is 4.79 Å². The number of hydrogen-bond donors (Lipinski definition) is 2. The van der Waals surface area contributed by atoms with Gasteiger partial charge in [0.1, 0.15) is 11.4 Å². The van der Waals surface area contributed by atoms with Crippen LogP contribution in [0.4, 0.5) is 11.4 Å². The molecule has 0 aliphatic carbocycles. The number of carbonyl (C=O) groups excluding carboxylic acids is 1. The second-order valence-corrected chi connectivity index (χ2v) is 16.1. The van der Waals surface area contributed by atoms with Crippen LogP contribution in [-0.2, 0) is 20.5 Å². The maximum Gasteiger partial charge on any atom is 0.337 e. The summed E-state index contributed by atoms with van der Waals surface area (Å²) >= 11 is 13.6. The molecule has 294 valence electrons. The first-order chi connectivity index (χ1) is 26.6. The maximum absolute atomic E-state index is 15.4. The number of benzene rings is 3. The molecule has 1 atom stereocenters. The summed E-state index contributed by atoms with van der Waals surface area (Å²) in [4.78, 5) is 31.7. The molecule has 0 spiro atoms. The molecule has 0 saturated heterocycles. The summed E-state index contributed by atoms with van der Waals surface area (Å²) in [5.41, 5.74) is 10.2. The number of nitrogens with one attached hydrogen (secondary N) is 1. The zero-order valence-electron chi connectivity index (χ0n) is 33.5. The molecule has 1 amide bonds. The predicted molar refractivity (Wildman–Crippen MR) is 227 cm³/mol. The first-order valence-electron chi connectivity index (χ1n) is 18.9. The molecule has 4 heterocycles. The van der Waals surface area contributed by atoms with Crippen molar-refractivity contribution in [2.45, 2.75) is 53.5 Å². The van der Waals surface area contributed by atoms with Gasteiger partial charge in [-0.2, -0.15) is 5.10 Å². The van der Waals surface area contributed by atoms with Gasteiger partial charge >= 0.3 is 5.97 Å². The molecule has 7 rings (SSSR count). The second kappa shape index (κ2) is 15.2. The number of carboxylic acids is 1. The van der Waals surface area contributed by atoms with Gasteiger partial charge in [0, 0.05) is 84.3 Å². The van der Waals surface area contributed by atoms with E-state index in [9.17, 15) is 9.90 Å². The molecule has 0 radical (unpaired) electrons. The van der Waals surface area contributed by atoms with E-state index in [1.165, 1.54) is 0 Å². The lowest BCUT2D eigenvalue weighted by molar-refractivity contribution is 0.0698. The van der Waals surface area contributed by atoms with Gasteiger partial charge < -0.3 is 34.1 Å². The Morgan fingerprint density at radius 1 is 1.02 bits per heavy atom. The zero-order valence-corrected chi connectivity index (χ0v) is 35.0. The Bertz CT molecular complexity index is 2520. The zero-order chi connectivity index (χ0) is 40.3. The molecule has 0 saturated carbocycles. The molecule has 0 bridgehead atoms. The molecule has 1 aliphatic heterocycles. The summed E-state index contributed by atoms with van der Waals surface area (Å²) in [7, 11) is 7.76. The number of anilines is 2. The Morgan fingerprint density at radius 3 is 2.38 bits per heavy atom. The summed E-state index contributed by atoms with van der Waals surface area (Å²) in [5.74, 6) is -0.429. The number of nitrogens with zero attached hydrogens (tertiary/aromatic N) is 6. The molecule has 1 aliphatic rings. The number of aryl methyl sites for hydroxylation is 6. The topological polar surface area (TPSA) is 110 Å². The predicted octanol–water partition coefficient (Wildman–Crippen LogP) is 8.98. The second-order valence-electron chi connectivity index (χ2n) is 15.4. The number of ether oxygens (including phenoxy) is 1. The Morgan fingerprint density at radius 2 is 1.73 bits per heavy atom. The van der Waals surface area contributed by atoms with E-state index in [1.54, 1.807) is 6.20 Å². The van der Waals surface area contributed by atoms with E-state index in [0.29, 0.717) is 59.8 Å². The van der Waals surface area contributed by atoms with Crippen molar-refractivity contribution < 1.29 is 19.4 Å². The third kappa shape index (κ3) is 6.79. The molecule has 1 unspecified atom stereocenters. The highest BCUT2D eigenvalue weighted by Gasteiger charge is 2.38. The van der Waals surface area contributed by atoms with Crippen LogP contribution in [0.25, 0.3) is 32.9 Å². The van der Waals surface area contributed by atoms with Gasteiger partial charge in [-0.3, -0.25) is 9.48 Å². The summed E-state index contributed by atoms with van der Waals surface area (Å²) in [6, 6.07) is 11.5. The summed E-state index contributed by atoms with van der Waals surface area (Å²) in [6.45, 7) is 12.3. The molecule has 3 aromatic carbocycles. The smallest absolute Gasteiger partial charge is 0.337 e. The number of amides is 1. The number of carboxylic acid groups (broad SMARTS) is 1. The van der Waals surface area contributed by atoms with Crippen molar-refractivity contribution in [2.75, 3.05) is 50.6 Å². The number of carbonyl (C=O) groups is 2. The van der Waals surface area contributed by atoms with E-state index in [2.05, 4.69) is 21.7 Å². The monoisotopic (exact) mass is 797 g/mol. The molecular weight excluding hydrogens is 749 g/mol. The molecular formula is C43H49Cl2N7O4.